The summed E-state index contributed by atoms with van der Waals surface area (Å²) >= 11 is 1.61. The summed E-state index contributed by atoms with van der Waals surface area (Å²) in [4.78, 5) is 9.61. The summed E-state index contributed by atoms with van der Waals surface area (Å²) < 4.78 is 61.2. The third-order valence-corrected chi connectivity index (χ3v) is 7.11. The number of halogens is 4. The van der Waals surface area contributed by atoms with Gasteiger partial charge >= 0.3 is 15.5 Å². The quantitative estimate of drug-likeness (QED) is 0.332. The number of alkyl halides is 3. The first-order valence-corrected chi connectivity index (χ1v) is 10.7. The maximum absolute atomic E-state index is 12.6. The minimum atomic E-state index is -5.24. The number of piperidine rings is 1. The lowest BCUT2D eigenvalue weighted by molar-refractivity contribution is -0.0496. The Hall–Kier alpha value is -0.670. The second-order valence-electron chi connectivity index (χ2n) is 6.34. The number of nitrogens with one attached hydrogen (secondary N) is 2. The molecule has 2 N–H and O–H groups in total. The van der Waals surface area contributed by atoms with E-state index in [1.165, 1.54) is 0 Å². The van der Waals surface area contributed by atoms with Gasteiger partial charge in [-0.1, -0.05) is 0 Å². The number of aromatic nitrogens is 1. The van der Waals surface area contributed by atoms with Crippen molar-refractivity contribution in [2.45, 2.75) is 38.7 Å². The fraction of sp³-hybridized carbons (Fsp3) is 0.733. The monoisotopic (exact) mass is 555 g/mol. The second-order valence-corrected chi connectivity index (χ2v) is 9.56. The molecule has 0 radical (unpaired) electrons. The molecule has 1 aliphatic heterocycles. The van der Waals surface area contributed by atoms with Crippen molar-refractivity contribution in [1.82, 2.24) is 19.9 Å². The number of hydrogen-bond donors (Lipinski definition) is 2. The first kappa shape index (κ1) is 25.4. The van der Waals surface area contributed by atoms with Crippen molar-refractivity contribution in [3.05, 3.63) is 15.6 Å². The Morgan fingerprint density at radius 2 is 1.89 bits per heavy atom. The fourth-order valence-electron chi connectivity index (χ4n) is 2.86. The molecule has 28 heavy (non-hydrogen) atoms. The van der Waals surface area contributed by atoms with Crippen LogP contribution < -0.4 is 10.6 Å². The van der Waals surface area contributed by atoms with E-state index in [1.54, 1.807) is 18.4 Å². The van der Waals surface area contributed by atoms with Crippen LogP contribution in [0.5, 0.6) is 0 Å². The van der Waals surface area contributed by atoms with Gasteiger partial charge in [-0.2, -0.15) is 17.5 Å². The van der Waals surface area contributed by atoms with Crippen LogP contribution in [0.1, 0.15) is 28.4 Å². The molecule has 0 aliphatic carbocycles. The molecule has 13 heteroatoms. The normalized spacial score (nSPS) is 17.3. The zero-order chi connectivity index (χ0) is 20.2. The smallest absolute Gasteiger partial charge is 0.356 e. The minimum absolute atomic E-state index is 0. The van der Waals surface area contributed by atoms with Crippen LogP contribution in [-0.2, 0) is 16.6 Å². The molecule has 0 bridgehead atoms. The van der Waals surface area contributed by atoms with Crippen LogP contribution in [0.15, 0.2) is 4.99 Å². The lowest BCUT2D eigenvalue weighted by Gasteiger charge is -2.31. The summed E-state index contributed by atoms with van der Waals surface area (Å²) in [7, 11) is -3.59. The molecule has 0 atom stereocenters. The molecule has 0 saturated carbocycles. The van der Waals surface area contributed by atoms with Crippen LogP contribution in [0, 0.1) is 19.8 Å². The van der Waals surface area contributed by atoms with Crippen molar-refractivity contribution >= 4 is 51.3 Å². The van der Waals surface area contributed by atoms with Crippen molar-refractivity contribution in [1.29, 1.82) is 0 Å². The van der Waals surface area contributed by atoms with E-state index < -0.39 is 15.5 Å². The van der Waals surface area contributed by atoms with Gasteiger partial charge in [0.05, 0.1) is 17.2 Å². The molecular formula is C15H25F3IN5O2S2. The van der Waals surface area contributed by atoms with Gasteiger partial charge in [0.25, 0.3) is 0 Å². The van der Waals surface area contributed by atoms with Crippen molar-refractivity contribution in [3.8, 4) is 0 Å². The van der Waals surface area contributed by atoms with E-state index in [9.17, 15) is 21.6 Å². The first-order chi connectivity index (χ1) is 12.5. The van der Waals surface area contributed by atoms with E-state index in [4.69, 9.17) is 0 Å². The Kier molecular flexibility index (Phi) is 9.41. The van der Waals surface area contributed by atoms with E-state index >= 15 is 0 Å². The second kappa shape index (κ2) is 10.4. The van der Waals surface area contributed by atoms with Gasteiger partial charge < -0.3 is 10.6 Å². The number of aliphatic imine (C=N–C) groups is 1. The Balaban J connectivity index is 0.00000392. The van der Waals surface area contributed by atoms with E-state index in [0.29, 0.717) is 36.2 Å². The summed E-state index contributed by atoms with van der Waals surface area (Å²) in [6.45, 7) is 4.73. The van der Waals surface area contributed by atoms with Crippen LogP contribution in [-0.4, -0.2) is 55.9 Å². The van der Waals surface area contributed by atoms with Gasteiger partial charge in [0.1, 0.15) is 0 Å². The van der Waals surface area contributed by atoms with Gasteiger partial charge in [0.15, 0.2) is 5.96 Å². The Labute approximate surface area is 184 Å². The molecule has 0 amide bonds. The Bertz CT molecular complexity index is 775. The third-order valence-electron chi connectivity index (χ3n) is 4.40. The van der Waals surface area contributed by atoms with E-state index in [1.807, 2.05) is 13.8 Å². The third kappa shape index (κ3) is 6.42. The van der Waals surface area contributed by atoms with Gasteiger partial charge in [-0.05, 0) is 32.6 Å². The molecule has 162 valence electrons. The highest BCUT2D eigenvalue weighted by Crippen LogP contribution is 2.30. The summed E-state index contributed by atoms with van der Waals surface area (Å²) in [5.41, 5.74) is -4.27. The number of thiazole rings is 1. The average molecular weight is 555 g/mol. The highest BCUT2D eigenvalue weighted by atomic mass is 127. The molecule has 1 saturated heterocycles. The topological polar surface area (TPSA) is 86.7 Å². The molecule has 0 aromatic carbocycles. The summed E-state index contributed by atoms with van der Waals surface area (Å²) in [6, 6.07) is 0. The maximum atomic E-state index is 12.6. The molecule has 1 fully saturated rings. The van der Waals surface area contributed by atoms with Crippen LogP contribution in [0.2, 0.25) is 0 Å². The largest absolute Gasteiger partial charge is 0.511 e. The number of aryl methyl sites for hydroxylation is 2. The zero-order valence-electron chi connectivity index (χ0n) is 15.8. The highest BCUT2D eigenvalue weighted by molar-refractivity contribution is 14.0. The number of guanidine groups is 1. The van der Waals surface area contributed by atoms with E-state index in [0.717, 1.165) is 15.6 Å². The standard InChI is InChI=1S/C15H24F3N5O2S2.HI/c1-10-13(26-11(2)22-10)9-21-14(19-3)20-8-12-4-6-23(7-5-12)27(24,25)15(16,17)18;/h12H,4-9H2,1-3H3,(H2,19,20,21);1H. The number of rotatable bonds is 5. The summed E-state index contributed by atoms with van der Waals surface area (Å²) in [6.07, 6.45) is 0.735. The zero-order valence-corrected chi connectivity index (χ0v) is 19.8. The van der Waals surface area contributed by atoms with E-state index in [-0.39, 0.29) is 43.0 Å². The van der Waals surface area contributed by atoms with E-state index in [2.05, 4.69) is 20.6 Å². The summed E-state index contributed by atoms with van der Waals surface area (Å²) in [5, 5.41) is 7.33. The van der Waals surface area contributed by atoms with Gasteiger partial charge in [-0.15, -0.1) is 35.3 Å². The molecule has 2 rings (SSSR count). The fourth-order valence-corrected chi connectivity index (χ4v) is 4.72. The number of nitrogens with zero attached hydrogens (tertiary/aromatic N) is 3. The molecule has 1 aliphatic rings. The average Bonchev–Trinajstić information content (AvgIpc) is 2.92. The van der Waals surface area contributed by atoms with Gasteiger partial charge in [-0.3, -0.25) is 4.99 Å². The van der Waals surface area contributed by atoms with Gasteiger partial charge in [0.2, 0.25) is 0 Å². The molecule has 2 heterocycles. The van der Waals surface area contributed by atoms with Crippen LogP contribution in [0.4, 0.5) is 13.2 Å². The lowest BCUT2D eigenvalue weighted by atomic mass is 9.98. The van der Waals surface area contributed by atoms with Crippen molar-refractivity contribution in [2.24, 2.45) is 10.9 Å². The lowest BCUT2D eigenvalue weighted by Crippen LogP contribution is -2.47. The van der Waals surface area contributed by atoms with Crippen molar-refractivity contribution in [3.63, 3.8) is 0 Å². The number of hydrogen-bond acceptors (Lipinski definition) is 5. The van der Waals surface area contributed by atoms with Gasteiger partial charge in [-0.25, -0.2) is 13.4 Å². The highest BCUT2D eigenvalue weighted by Gasteiger charge is 2.50. The van der Waals surface area contributed by atoms with Crippen molar-refractivity contribution in [2.75, 3.05) is 26.7 Å². The molecule has 1 aromatic heterocycles. The Morgan fingerprint density at radius 1 is 1.29 bits per heavy atom. The first-order valence-electron chi connectivity index (χ1n) is 8.48. The SMILES string of the molecule is CN=C(NCc1sc(C)nc1C)NCC1CCN(S(=O)(=O)C(F)(F)F)CC1.I. The molecule has 1 aromatic rings. The molecule has 0 spiro atoms. The predicted molar refractivity (Wildman–Crippen MR) is 114 cm³/mol. The molecule has 0 unspecified atom stereocenters. The van der Waals surface area contributed by atoms with Crippen LogP contribution in [0.3, 0.4) is 0 Å². The molecular weight excluding hydrogens is 530 g/mol. The van der Waals surface area contributed by atoms with Gasteiger partial charge in [0, 0.05) is 31.6 Å². The van der Waals surface area contributed by atoms with Crippen molar-refractivity contribution < 1.29 is 21.6 Å². The predicted octanol–water partition coefficient (Wildman–Crippen LogP) is 2.60. The Morgan fingerprint density at radius 3 is 2.36 bits per heavy atom. The summed E-state index contributed by atoms with van der Waals surface area (Å²) in [5.74, 6) is 0.668. The maximum Gasteiger partial charge on any atom is 0.511 e. The van der Waals surface area contributed by atoms with Crippen LogP contribution >= 0.6 is 35.3 Å². The number of sulfonamides is 1. The molecule has 7 nitrogen and oxygen atoms in total. The minimum Gasteiger partial charge on any atom is -0.356 e. The van der Waals surface area contributed by atoms with Crippen LogP contribution in [0.25, 0.3) is 0 Å².